The Balaban J connectivity index is 3.09. The molecule has 0 saturated carbocycles. The molecular formula is C9H12N2O3. The van der Waals surface area contributed by atoms with Crippen LogP contribution in [0.1, 0.15) is 11.4 Å². The highest BCUT2D eigenvalue weighted by molar-refractivity contribution is 5.69. The van der Waals surface area contributed by atoms with Crippen molar-refractivity contribution < 1.29 is 9.53 Å². The highest BCUT2D eigenvalue weighted by Gasteiger charge is 2.07. The molecule has 0 aliphatic carbocycles. The van der Waals surface area contributed by atoms with E-state index in [1.54, 1.807) is 19.9 Å². The summed E-state index contributed by atoms with van der Waals surface area (Å²) in [5.74, 6) is -0.458. The maximum atomic E-state index is 11.4. The number of aromatic nitrogens is 2. The van der Waals surface area contributed by atoms with E-state index in [4.69, 9.17) is 0 Å². The van der Waals surface area contributed by atoms with Gasteiger partial charge >= 0.3 is 11.7 Å². The van der Waals surface area contributed by atoms with Gasteiger partial charge in [0.15, 0.2) is 0 Å². The molecule has 0 fully saturated rings. The zero-order chi connectivity index (χ0) is 10.7. The second kappa shape index (κ2) is 4.04. The van der Waals surface area contributed by atoms with Gasteiger partial charge in [-0.25, -0.2) is 4.79 Å². The summed E-state index contributed by atoms with van der Waals surface area (Å²) in [7, 11) is 1.28. The van der Waals surface area contributed by atoms with Crippen molar-refractivity contribution in [1.82, 2.24) is 9.55 Å². The minimum atomic E-state index is -0.458. The molecule has 5 nitrogen and oxygen atoms in total. The molecule has 0 saturated heterocycles. The van der Waals surface area contributed by atoms with Crippen LogP contribution in [-0.4, -0.2) is 22.6 Å². The summed E-state index contributed by atoms with van der Waals surface area (Å²) < 4.78 is 5.74. The number of carbonyl (C=O) groups excluding carboxylic acids is 1. The van der Waals surface area contributed by atoms with Gasteiger partial charge in [0.1, 0.15) is 6.54 Å². The predicted octanol–water partition coefficient (Wildman–Crippen LogP) is 0.0331. The summed E-state index contributed by atoms with van der Waals surface area (Å²) in [6, 6.07) is 1.74. The first-order valence-electron chi connectivity index (χ1n) is 4.16. The van der Waals surface area contributed by atoms with Crippen molar-refractivity contribution in [3.05, 3.63) is 27.9 Å². The molecule has 0 spiro atoms. The van der Waals surface area contributed by atoms with Crippen LogP contribution in [-0.2, 0) is 16.1 Å². The van der Waals surface area contributed by atoms with E-state index in [1.807, 2.05) is 0 Å². The number of nitrogens with zero attached hydrogens (tertiary/aromatic N) is 2. The monoisotopic (exact) mass is 196 g/mol. The summed E-state index contributed by atoms with van der Waals surface area (Å²) in [5, 5.41) is 0. The van der Waals surface area contributed by atoms with Crippen LogP contribution < -0.4 is 5.69 Å². The number of hydrogen-bond acceptors (Lipinski definition) is 4. The van der Waals surface area contributed by atoms with Crippen LogP contribution in [0.2, 0.25) is 0 Å². The molecule has 76 valence electrons. The summed E-state index contributed by atoms with van der Waals surface area (Å²) in [6.45, 7) is 3.39. The molecule has 0 amide bonds. The second-order valence-electron chi connectivity index (χ2n) is 2.98. The SMILES string of the molecule is COC(=O)Cn1c(C)cc(C)nc1=O. The van der Waals surface area contributed by atoms with E-state index in [2.05, 4.69) is 9.72 Å². The number of aryl methyl sites for hydroxylation is 2. The van der Waals surface area contributed by atoms with Crippen molar-refractivity contribution in [2.75, 3.05) is 7.11 Å². The Morgan fingerprint density at radius 3 is 2.71 bits per heavy atom. The molecule has 0 aliphatic rings. The Morgan fingerprint density at radius 1 is 1.57 bits per heavy atom. The zero-order valence-electron chi connectivity index (χ0n) is 8.40. The van der Waals surface area contributed by atoms with Crippen molar-refractivity contribution in [1.29, 1.82) is 0 Å². The first kappa shape index (κ1) is 10.4. The molecular weight excluding hydrogens is 184 g/mol. The van der Waals surface area contributed by atoms with Gasteiger partial charge in [-0.3, -0.25) is 9.36 Å². The maximum absolute atomic E-state index is 11.4. The van der Waals surface area contributed by atoms with E-state index < -0.39 is 11.7 Å². The normalized spacial score (nSPS) is 9.93. The summed E-state index contributed by atoms with van der Waals surface area (Å²) in [6.07, 6.45) is 0. The van der Waals surface area contributed by atoms with Gasteiger partial charge in [0.05, 0.1) is 7.11 Å². The van der Waals surface area contributed by atoms with Gasteiger partial charge in [0, 0.05) is 11.4 Å². The lowest BCUT2D eigenvalue weighted by molar-refractivity contribution is -0.141. The van der Waals surface area contributed by atoms with E-state index in [-0.39, 0.29) is 6.54 Å². The number of methoxy groups -OCH3 is 1. The molecule has 0 aromatic carbocycles. The van der Waals surface area contributed by atoms with Crippen molar-refractivity contribution in [3.8, 4) is 0 Å². The molecule has 14 heavy (non-hydrogen) atoms. The standard InChI is InChI=1S/C9H12N2O3/c1-6-4-7(2)11(9(13)10-6)5-8(12)14-3/h4H,5H2,1-3H3. The largest absolute Gasteiger partial charge is 0.468 e. The van der Waals surface area contributed by atoms with Crippen LogP contribution in [0.5, 0.6) is 0 Å². The molecule has 0 radical (unpaired) electrons. The van der Waals surface area contributed by atoms with Crippen LogP contribution in [0.15, 0.2) is 10.9 Å². The van der Waals surface area contributed by atoms with Gasteiger partial charge < -0.3 is 4.74 Å². The molecule has 5 heteroatoms. The van der Waals surface area contributed by atoms with E-state index in [1.165, 1.54) is 11.7 Å². The van der Waals surface area contributed by atoms with Crippen molar-refractivity contribution in [2.24, 2.45) is 0 Å². The second-order valence-corrected chi connectivity index (χ2v) is 2.98. The van der Waals surface area contributed by atoms with Gasteiger partial charge in [-0.2, -0.15) is 4.98 Å². The lowest BCUT2D eigenvalue weighted by Crippen LogP contribution is -2.29. The van der Waals surface area contributed by atoms with Gasteiger partial charge in [-0.05, 0) is 19.9 Å². The van der Waals surface area contributed by atoms with Gasteiger partial charge in [-0.1, -0.05) is 0 Å². The Bertz CT molecular complexity index is 409. The Labute approximate surface area is 81.3 Å². The topological polar surface area (TPSA) is 61.2 Å². The average Bonchev–Trinajstić information content (AvgIpc) is 2.10. The van der Waals surface area contributed by atoms with Crippen LogP contribution in [0.25, 0.3) is 0 Å². The molecule has 0 N–H and O–H groups in total. The molecule has 0 bridgehead atoms. The molecule has 0 unspecified atom stereocenters. The third-order valence-electron chi connectivity index (χ3n) is 1.86. The van der Waals surface area contributed by atoms with Gasteiger partial charge in [0.2, 0.25) is 0 Å². The van der Waals surface area contributed by atoms with Crippen molar-refractivity contribution >= 4 is 5.97 Å². The first-order chi connectivity index (χ1) is 6.54. The predicted molar refractivity (Wildman–Crippen MR) is 50.0 cm³/mol. The Morgan fingerprint density at radius 2 is 2.21 bits per heavy atom. The third kappa shape index (κ3) is 2.18. The summed E-state index contributed by atoms with van der Waals surface area (Å²) >= 11 is 0. The number of esters is 1. The zero-order valence-corrected chi connectivity index (χ0v) is 8.40. The molecule has 1 aromatic heterocycles. The third-order valence-corrected chi connectivity index (χ3v) is 1.86. The summed E-state index contributed by atoms with van der Waals surface area (Å²) in [4.78, 5) is 26.0. The number of carbonyl (C=O) groups is 1. The fraction of sp³-hybridized carbons (Fsp3) is 0.444. The van der Waals surface area contributed by atoms with Crippen molar-refractivity contribution in [2.45, 2.75) is 20.4 Å². The Kier molecular flexibility index (Phi) is 3.01. The van der Waals surface area contributed by atoms with E-state index in [0.29, 0.717) is 11.4 Å². The van der Waals surface area contributed by atoms with Crippen LogP contribution in [0.4, 0.5) is 0 Å². The van der Waals surface area contributed by atoms with Crippen molar-refractivity contribution in [3.63, 3.8) is 0 Å². The first-order valence-corrected chi connectivity index (χ1v) is 4.16. The van der Waals surface area contributed by atoms with Crippen LogP contribution >= 0.6 is 0 Å². The number of hydrogen-bond donors (Lipinski definition) is 0. The minimum Gasteiger partial charge on any atom is -0.468 e. The molecule has 1 rings (SSSR count). The Hall–Kier alpha value is -1.65. The summed E-state index contributed by atoms with van der Waals surface area (Å²) in [5.41, 5.74) is 0.925. The van der Waals surface area contributed by atoms with Gasteiger partial charge in [-0.15, -0.1) is 0 Å². The van der Waals surface area contributed by atoms with Gasteiger partial charge in [0.25, 0.3) is 0 Å². The highest BCUT2D eigenvalue weighted by Crippen LogP contribution is 1.96. The lowest BCUT2D eigenvalue weighted by atomic mass is 10.3. The van der Waals surface area contributed by atoms with E-state index in [9.17, 15) is 9.59 Å². The fourth-order valence-corrected chi connectivity index (χ4v) is 1.16. The maximum Gasteiger partial charge on any atom is 0.348 e. The number of ether oxygens (including phenoxy) is 1. The molecule has 0 atom stereocenters. The smallest absolute Gasteiger partial charge is 0.348 e. The van der Waals surface area contributed by atoms with Crippen LogP contribution in [0.3, 0.4) is 0 Å². The molecule has 1 heterocycles. The quantitative estimate of drug-likeness (QED) is 0.626. The average molecular weight is 196 g/mol. The lowest BCUT2D eigenvalue weighted by Gasteiger charge is -2.07. The molecule has 0 aliphatic heterocycles. The fourth-order valence-electron chi connectivity index (χ4n) is 1.16. The molecule has 1 aromatic rings. The number of rotatable bonds is 2. The van der Waals surface area contributed by atoms with E-state index in [0.717, 1.165) is 0 Å². The van der Waals surface area contributed by atoms with Crippen LogP contribution in [0, 0.1) is 13.8 Å². The highest BCUT2D eigenvalue weighted by atomic mass is 16.5. The minimum absolute atomic E-state index is 0.0888. The van der Waals surface area contributed by atoms with E-state index >= 15 is 0 Å².